The number of carbonyl (C=O) groups is 1. The van der Waals surface area contributed by atoms with Crippen LogP contribution in [0, 0.1) is 6.92 Å². The lowest BCUT2D eigenvalue weighted by atomic mass is 10.3. The molecule has 0 radical (unpaired) electrons. The highest BCUT2D eigenvalue weighted by Crippen LogP contribution is 2.12. The molecule has 7 heteroatoms. The molecule has 7 nitrogen and oxygen atoms in total. The molecule has 0 aliphatic rings. The average molecular weight is 261 g/mol. The zero-order chi connectivity index (χ0) is 13.7. The molecule has 2 rings (SSSR count). The minimum atomic E-state index is -0.219. The number of amides is 1. The summed E-state index contributed by atoms with van der Waals surface area (Å²) in [6.07, 6.45) is 2.39. The monoisotopic (exact) mass is 261 g/mol. The van der Waals surface area contributed by atoms with Crippen molar-refractivity contribution in [3.05, 3.63) is 29.8 Å². The Morgan fingerprint density at radius 3 is 3.00 bits per heavy atom. The van der Waals surface area contributed by atoms with Crippen molar-refractivity contribution in [3.63, 3.8) is 0 Å². The number of hydrogen-bond donors (Lipinski definition) is 2. The van der Waals surface area contributed by atoms with E-state index >= 15 is 0 Å². The molecule has 0 fully saturated rings. The number of anilines is 2. The van der Waals surface area contributed by atoms with Crippen molar-refractivity contribution in [3.8, 4) is 0 Å². The molecule has 0 saturated heterocycles. The highest BCUT2D eigenvalue weighted by molar-refractivity contribution is 5.92. The van der Waals surface area contributed by atoms with Crippen LogP contribution in [0.2, 0.25) is 0 Å². The first-order chi connectivity index (χ1) is 9.19. The standard InChI is InChI=1S/C12H15N5O2/c1-3-5-13-11(18)9-4-6-14-12(15-9)16-10-7-8(2)19-17-10/h4,6-7H,3,5H2,1-2H3,(H,13,18)(H,14,15,16,17). The van der Waals surface area contributed by atoms with E-state index in [0.717, 1.165) is 6.42 Å². The van der Waals surface area contributed by atoms with Gasteiger partial charge in [0.2, 0.25) is 5.95 Å². The molecule has 0 bridgehead atoms. The Kier molecular flexibility index (Phi) is 4.07. The molecule has 2 aromatic heterocycles. The predicted molar refractivity (Wildman–Crippen MR) is 69.2 cm³/mol. The van der Waals surface area contributed by atoms with Crippen LogP contribution in [0.5, 0.6) is 0 Å². The van der Waals surface area contributed by atoms with E-state index in [-0.39, 0.29) is 5.91 Å². The molecule has 0 aliphatic carbocycles. The maximum Gasteiger partial charge on any atom is 0.270 e. The maximum atomic E-state index is 11.7. The zero-order valence-electron chi connectivity index (χ0n) is 10.8. The molecule has 0 saturated carbocycles. The molecule has 2 aromatic rings. The first-order valence-corrected chi connectivity index (χ1v) is 6.00. The Labute approximate surface area is 110 Å². The molecule has 0 spiro atoms. The van der Waals surface area contributed by atoms with E-state index < -0.39 is 0 Å². The third-order valence-corrected chi connectivity index (χ3v) is 2.29. The zero-order valence-corrected chi connectivity index (χ0v) is 10.8. The second-order valence-corrected chi connectivity index (χ2v) is 3.97. The van der Waals surface area contributed by atoms with Gasteiger partial charge in [-0.05, 0) is 19.4 Å². The Balaban J connectivity index is 2.08. The van der Waals surface area contributed by atoms with E-state index in [2.05, 4.69) is 25.8 Å². The predicted octanol–water partition coefficient (Wildman–Crippen LogP) is 1.66. The van der Waals surface area contributed by atoms with Gasteiger partial charge in [0.25, 0.3) is 5.91 Å². The lowest BCUT2D eigenvalue weighted by molar-refractivity contribution is 0.0948. The minimum Gasteiger partial charge on any atom is -0.360 e. The second kappa shape index (κ2) is 5.94. The molecular weight excluding hydrogens is 246 g/mol. The van der Waals surface area contributed by atoms with Gasteiger partial charge in [0.1, 0.15) is 11.5 Å². The summed E-state index contributed by atoms with van der Waals surface area (Å²) in [6.45, 7) is 4.39. The maximum absolute atomic E-state index is 11.7. The summed E-state index contributed by atoms with van der Waals surface area (Å²) in [5, 5.41) is 9.39. The molecule has 100 valence electrons. The van der Waals surface area contributed by atoms with Crippen molar-refractivity contribution in [2.45, 2.75) is 20.3 Å². The quantitative estimate of drug-likeness (QED) is 0.850. The molecule has 0 aromatic carbocycles. The molecule has 19 heavy (non-hydrogen) atoms. The van der Waals surface area contributed by atoms with Gasteiger partial charge in [-0.2, -0.15) is 0 Å². The van der Waals surface area contributed by atoms with Gasteiger partial charge in [-0.1, -0.05) is 12.1 Å². The Bertz CT molecular complexity index is 567. The van der Waals surface area contributed by atoms with E-state index in [1.165, 1.54) is 6.20 Å². The van der Waals surface area contributed by atoms with Gasteiger partial charge in [0.05, 0.1) is 0 Å². The lowest BCUT2D eigenvalue weighted by Gasteiger charge is -2.04. The van der Waals surface area contributed by atoms with Gasteiger partial charge >= 0.3 is 0 Å². The third-order valence-electron chi connectivity index (χ3n) is 2.29. The Hall–Kier alpha value is -2.44. The van der Waals surface area contributed by atoms with Gasteiger partial charge in [-0.3, -0.25) is 4.79 Å². The first-order valence-electron chi connectivity index (χ1n) is 6.00. The molecule has 0 unspecified atom stereocenters. The molecule has 0 aliphatic heterocycles. The Morgan fingerprint density at radius 2 is 2.32 bits per heavy atom. The van der Waals surface area contributed by atoms with Gasteiger partial charge < -0.3 is 15.2 Å². The topological polar surface area (TPSA) is 92.9 Å². The van der Waals surface area contributed by atoms with E-state index in [0.29, 0.717) is 29.8 Å². The van der Waals surface area contributed by atoms with Crippen LogP contribution in [-0.4, -0.2) is 27.6 Å². The van der Waals surface area contributed by atoms with Crippen molar-refractivity contribution < 1.29 is 9.32 Å². The normalized spacial score (nSPS) is 10.2. The van der Waals surface area contributed by atoms with E-state index in [1.54, 1.807) is 19.1 Å². The summed E-state index contributed by atoms with van der Waals surface area (Å²) in [5.74, 6) is 1.27. The van der Waals surface area contributed by atoms with Gasteiger partial charge in [-0.15, -0.1) is 0 Å². The van der Waals surface area contributed by atoms with Crippen molar-refractivity contribution in [2.75, 3.05) is 11.9 Å². The van der Waals surface area contributed by atoms with Crippen LogP contribution in [0.4, 0.5) is 11.8 Å². The van der Waals surface area contributed by atoms with Crippen molar-refractivity contribution in [2.24, 2.45) is 0 Å². The van der Waals surface area contributed by atoms with Gasteiger partial charge in [-0.25, -0.2) is 9.97 Å². The van der Waals surface area contributed by atoms with Crippen LogP contribution in [0.15, 0.2) is 22.9 Å². The number of rotatable bonds is 5. The van der Waals surface area contributed by atoms with E-state index in [4.69, 9.17) is 4.52 Å². The third kappa shape index (κ3) is 3.51. The fourth-order valence-corrected chi connectivity index (χ4v) is 1.41. The number of nitrogens with zero attached hydrogens (tertiary/aromatic N) is 3. The number of hydrogen-bond acceptors (Lipinski definition) is 6. The van der Waals surface area contributed by atoms with Crippen LogP contribution in [-0.2, 0) is 0 Å². The fraction of sp³-hybridized carbons (Fsp3) is 0.333. The fourth-order valence-electron chi connectivity index (χ4n) is 1.41. The van der Waals surface area contributed by atoms with Crippen molar-refractivity contribution in [1.82, 2.24) is 20.4 Å². The highest BCUT2D eigenvalue weighted by Gasteiger charge is 2.09. The molecule has 1 amide bonds. The van der Waals surface area contributed by atoms with Crippen LogP contribution in [0.1, 0.15) is 29.6 Å². The first kappa shape index (κ1) is 13.0. The number of aromatic nitrogens is 3. The number of aryl methyl sites for hydroxylation is 1. The van der Waals surface area contributed by atoms with Gasteiger partial charge in [0.15, 0.2) is 5.82 Å². The van der Waals surface area contributed by atoms with Crippen LogP contribution < -0.4 is 10.6 Å². The summed E-state index contributed by atoms with van der Waals surface area (Å²) >= 11 is 0. The van der Waals surface area contributed by atoms with Gasteiger partial charge in [0, 0.05) is 18.8 Å². The lowest BCUT2D eigenvalue weighted by Crippen LogP contribution is -2.25. The molecule has 2 N–H and O–H groups in total. The highest BCUT2D eigenvalue weighted by atomic mass is 16.5. The number of nitrogens with one attached hydrogen (secondary N) is 2. The summed E-state index contributed by atoms with van der Waals surface area (Å²) in [4.78, 5) is 19.9. The van der Waals surface area contributed by atoms with E-state index in [1.807, 2.05) is 6.92 Å². The van der Waals surface area contributed by atoms with E-state index in [9.17, 15) is 4.79 Å². The largest absolute Gasteiger partial charge is 0.360 e. The summed E-state index contributed by atoms with van der Waals surface area (Å²) in [6, 6.07) is 3.28. The van der Waals surface area contributed by atoms with Crippen molar-refractivity contribution in [1.29, 1.82) is 0 Å². The van der Waals surface area contributed by atoms with Crippen LogP contribution in [0.3, 0.4) is 0 Å². The van der Waals surface area contributed by atoms with Crippen LogP contribution in [0.25, 0.3) is 0 Å². The SMILES string of the molecule is CCCNC(=O)c1ccnc(Nc2cc(C)on2)n1. The summed E-state index contributed by atoms with van der Waals surface area (Å²) in [5.41, 5.74) is 0.311. The van der Waals surface area contributed by atoms with Crippen LogP contribution >= 0.6 is 0 Å². The minimum absolute atomic E-state index is 0.219. The Morgan fingerprint density at radius 1 is 1.47 bits per heavy atom. The smallest absolute Gasteiger partial charge is 0.270 e. The average Bonchev–Trinajstić information content (AvgIpc) is 2.81. The number of carbonyl (C=O) groups excluding carboxylic acids is 1. The molecular formula is C12H15N5O2. The summed E-state index contributed by atoms with van der Waals surface area (Å²) in [7, 11) is 0. The molecule has 2 heterocycles. The molecule has 0 atom stereocenters. The van der Waals surface area contributed by atoms with Crippen molar-refractivity contribution >= 4 is 17.7 Å². The second-order valence-electron chi connectivity index (χ2n) is 3.97. The summed E-state index contributed by atoms with van der Waals surface area (Å²) < 4.78 is 4.92.